The molecule has 0 aliphatic rings. The normalized spacial score (nSPS) is 14.8. The molecule has 0 aromatic heterocycles. The molecule has 0 heterocycles. The van der Waals surface area contributed by atoms with E-state index in [2.05, 4.69) is 0 Å². The standard InChI is InChI=1S/C10H13ClFNO2/c1-5(13)10(14)6-3-7(12)9(11)8(4-6)15-2/h3-5,10,14H,13H2,1-2H3. The van der Waals surface area contributed by atoms with Crippen molar-refractivity contribution < 1.29 is 14.2 Å². The molecule has 3 nitrogen and oxygen atoms in total. The molecule has 0 saturated carbocycles. The van der Waals surface area contributed by atoms with Gasteiger partial charge in [0.05, 0.1) is 13.2 Å². The Morgan fingerprint density at radius 2 is 2.13 bits per heavy atom. The maximum Gasteiger partial charge on any atom is 0.145 e. The third kappa shape index (κ3) is 2.59. The van der Waals surface area contributed by atoms with Gasteiger partial charge in [-0.25, -0.2) is 4.39 Å². The lowest BCUT2D eigenvalue weighted by molar-refractivity contribution is 0.152. The number of methoxy groups -OCH3 is 1. The molecule has 0 saturated heterocycles. The van der Waals surface area contributed by atoms with Gasteiger partial charge in [0.1, 0.15) is 16.6 Å². The maximum absolute atomic E-state index is 13.3. The monoisotopic (exact) mass is 233 g/mol. The van der Waals surface area contributed by atoms with Crippen LogP contribution in [-0.2, 0) is 0 Å². The first-order valence-corrected chi connectivity index (χ1v) is 4.81. The van der Waals surface area contributed by atoms with Crippen LogP contribution >= 0.6 is 11.6 Å². The number of aliphatic hydroxyl groups is 1. The van der Waals surface area contributed by atoms with Crippen LogP contribution in [0.2, 0.25) is 5.02 Å². The molecule has 84 valence electrons. The van der Waals surface area contributed by atoms with E-state index in [-0.39, 0.29) is 10.8 Å². The smallest absolute Gasteiger partial charge is 0.145 e. The van der Waals surface area contributed by atoms with Crippen molar-refractivity contribution in [1.29, 1.82) is 0 Å². The van der Waals surface area contributed by atoms with Crippen molar-refractivity contribution >= 4 is 11.6 Å². The molecule has 1 aromatic rings. The predicted molar refractivity (Wildman–Crippen MR) is 56.6 cm³/mol. The molecule has 0 radical (unpaired) electrons. The molecule has 2 unspecified atom stereocenters. The Kier molecular flexibility index (Phi) is 3.90. The van der Waals surface area contributed by atoms with Crippen LogP contribution in [0.1, 0.15) is 18.6 Å². The van der Waals surface area contributed by atoms with Crippen LogP contribution in [0, 0.1) is 5.82 Å². The second-order valence-electron chi connectivity index (χ2n) is 3.32. The van der Waals surface area contributed by atoms with Crippen LogP contribution in [0.5, 0.6) is 5.75 Å². The van der Waals surface area contributed by atoms with Crippen LogP contribution in [0.15, 0.2) is 12.1 Å². The van der Waals surface area contributed by atoms with E-state index < -0.39 is 18.0 Å². The average molecular weight is 234 g/mol. The lowest BCUT2D eigenvalue weighted by Gasteiger charge is -2.16. The molecule has 3 N–H and O–H groups in total. The third-order valence-corrected chi connectivity index (χ3v) is 2.44. The summed E-state index contributed by atoms with van der Waals surface area (Å²) in [7, 11) is 1.38. The summed E-state index contributed by atoms with van der Waals surface area (Å²) in [4.78, 5) is 0. The van der Waals surface area contributed by atoms with Crippen molar-refractivity contribution in [3.63, 3.8) is 0 Å². The maximum atomic E-state index is 13.3. The van der Waals surface area contributed by atoms with Gasteiger partial charge in [-0.05, 0) is 24.6 Å². The Hall–Kier alpha value is -0.840. The van der Waals surface area contributed by atoms with Crippen molar-refractivity contribution in [3.05, 3.63) is 28.5 Å². The Morgan fingerprint density at radius 1 is 1.53 bits per heavy atom. The molecule has 1 rings (SSSR count). The van der Waals surface area contributed by atoms with Crippen LogP contribution in [0.4, 0.5) is 4.39 Å². The van der Waals surface area contributed by atoms with E-state index >= 15 is 0 Å². The van der Waals surface area contributed by atoms with Crippen LogP contribution in [-0.4, -0.2) is 18.3 Å². The van der Waals surface area contributed by atoms with Crippen LogP contribution < -0.4 is 10.5 Å². The first kappa shape index (κ1) is 12.2. The van der Waals surface area contributed by atoms with Crippen molar-refractivity contribution in [2.75, 3.05) is 7.11 Å². The summed E-state index contributed by atoms with van der Waals surface area (Å²) in [5, 5.41) is 9.54. The van der Waals surface area contributed by atoms with E-state index in [4.69, 9.17) is 22.1 Å². The van der Waals surface area contributed by atoms with E-state index in [0.717, 1.165) is 6.07 Å². The van der Waals surface area contributed by atoms with Gasteiger partial charge >= 0.3 is 0 Å². The lowest BCUT2D eigenvalue weighted by Crippen LogP contribution is -2.24. The minimum absolute atomic E-state index is 0.0990. The fourth-order valence-electron chi connectivity index (χ4n) is 1.21. The third-order valence-electron chi connectivity index (χ3n) is 2.08. The van der Waals surface area contributed by atoms with Gasteiger partial charge in [-0.1, -0.05) is 11.6 Å². The SMILES string of the molecule is COc1cc(C(O)C(C)N)cc(F)c1Cl. The van der Waals surface area contributed by atoms with Gasteiger partial charge < -0.3 is 15.6 Å². The summed E-state index contributed by atoms with van der Waals surface area (Å²) >= 11 is 5.64. The van der Waals surface area contributed by atoms with Crippen LogP contribution in [0.3, 0.4) is 0 Å². The Balaban J connectivity index is 3.16. The van der Waals surface area contributed by atoms with E-state index in [1.165, 1.54) is 13.2 Å². The fraction of sp³-hybridized carbons (Fsp3) is 0.400. The molecule has 0 amide bonds. The number of nitrogens with two attached hydrogens (primary N) is 1. The summed E-state index contributed by atoms with van der Waals surface area (Å²) in [5.74, 6) is -0.447. The van der Waals surface area contributed by atoms with E-state index in [1.807, 2.05) is 0 Å². The molecule has 0 bridgehead atoms. The summed E-state index contributed by atoms with van der Waals surface area (Å²) in [6, 6.07) is 2.13. The molecule has 0 aliphatic carbocycles. The lowest BCUT2D eigenvalue weighted by atomic mass is 10.0. The van der Waals surface area contributed by atoms with E-state index in [9.17, 15) is 9.50 Å². The molecule has 0 spiro atoms. The zero-order chi connectivity index (χ0) is 11.6. The summed E-state index contributed by atoms with van der Waals surface area (Å²) in [6.07, 6.45) is -0.939. The van der Waals surface area contributed by atoms with Crippen LogP contribution in [0.25, 0.3) is 0 Å². The highest BCUT2D eigenvalue weighted by Crippen LogP contribution is 2.31. The Bertz CT molecular complexity index is 358. The zero-order valence-corrected chi connectivity index (χ0v) is 9.25. The second-order valence-corrected chi connectivity index (χ2v) is 3.70. The van der Waals surface area contributed by atoms with Gasteiger partial charge in [0.25, 0.3) is 0 Å². The summed E-state index contributed by atoms with van der Waals surface area (Å²) in [6.45, 7) is 1.63. The molecule has 0 aliphatic heterocycles. The highest BCUT2D eigenvalue weighted by atomic mass is 35.5. The molecular formula is C10H13ClFNO2. The molecule has 15 heavy (non-hydrogen) atoms. The number of aliphatic hydroxyl groups excluding tert-OH is 1. The number of rotatable bonds is 3. The number of halogens is 2. The highest BCUT2D eigenvalue weighted by molar-refractivity contribution is 6.32. The predicted octanol–water partition coefficient (Wildman–Crippen LogP) is 1.87. The Labute approximate surface area is 92.6 Å². The van der Waals surface area contributed by atoms with Gasteiger partial charge in [0, 0.05) is 6.04 Å². The molecule has 5 heteroatoms. The quantitative estimate of drug-likeness (QED) is 0.838. The van der Waals surface area contributed by atoms with E-state index in [1.54, 1.807) is 6.92 Å². The zero-order valence-electron chi connectivity index (χ0n) is 8.50. The number of benzene rings is 1. The topological polar surface area (TPSA) is 55.5 Å². The number of hydrogen-bond donors (Lipinski definition) is 2. The summed E-state index contributed by atoms with van der Waals surface area (Å²) in [5.41, 5.74) is 5.85. The van der Waals surface area contributed by atoms with Gasteiger partial charge in [-0.2, -0.15) is 0 Å². The highest BCUT2D eigenvalue weighted by Gasteiger charge is 2.17. The Morgan fingerprint density at radius 3 is 2.60 bits per heavy atom. The molecular weight excluding hydrogens is 221 g/mol. The van der Waals surface area contributed by atoms with Gasteiger partial charge in [-0.3, -0.25) is 0 Å². The largest absolute Gasteiger partial charge is 0.495 e. The number of hydrogen-bond acceptors (Lipinski definition) is 3. The van der Waals surface area contributed by atoms with E-state index in [0.29, 0.717) is 5.56 Å². The molecule has 2 atom stereocenters. The first-order chi connectivity index (χ1) is 6.97. The summed E-state index contributed by atoms with van der Waals surface area (Å²) < 4.78 is 18.2. The first-order valence-electron chi connectivity index (χ1n) is 4.44. The van der Waals surface area contributed by atoms with Gasteiger partial charge in [0.15, 0.2) is 0 Å². The molecule has 1 aromatic carbocycles. The van der Waals surface area contributed by atoms with Gasteiger partial charge in [0.2, 0.25) is 0 Å². The second kappa shape index (κ2) is 4.79. The van der Waals surface area contributed by atoms with Crippen molar-refractivity contribution in [2.24, 2.45) is 5.73 Å². The van der Waals surface area contributed by atoms with Crippen molar-refractivity contribution in [3.8, 4) is 5.75 Å². The average Bonchev–Trinajstić information content (AvgIpc) is 2.20. The fourth-order valence-corrected chi connectivity index (χ4v) is 1.39. The van der Waals surface area contributed by atoms with Gasteiger partial charge in [-0.15, -0.1) is 0 Å². The minimum atomic E-state index is -0.939. The number of ether oxygens (including phenoxy) is 1. The minimum Gasteiger partial charge on any atom is -0.495 e. The van der Waals surface area contributed by atoms with Crippen molar-refractivity contribution in [2.45, 2.75) is 19.1 Å². The molecule has 0 fully saturated rings. The van der Waals surface area contributed by atoms with Crippen molar-refractivity contribution in [1.82, 2.24) is 0 Å².